The summed E-state index contributed by atoms with van der Waals surface area (Å²) in [5.41, 5.74) is -0.900. The standard InChI is InChI=1S/C21H21N3O6/c25-19(15-5-7-16(8-6-15)24(28)29)13-21(27)17-3-1-2-4-18(17)23(20(21)26)14-22-9-11-30-12-10-22/h1-8,27H,9-14H2/p+1/t21-/m1/s1. The van der Waals surface area contributed by atoms with E-state index in [1.807, 2.05) is 0 Å². The van der Waals surface area contributed by atoms with Crippen molar-refractivity contribution >= 4 is 23.1 Å². The average molecular weight is 412 g/mol. The minimum absolute atomic E-state index is 0.132. The number of nitrogens with one attached hydrogen (secondary N) is 1. The third kappa shape index (κ3) is 3.58. The predicted molar refractivity (Wildman–Crippen MR) is 106 cm³/mol. The summed E-state index contributed by atoms with van der Waals surface area (Å²) in [6.07, 6.45) is -0.435. The molecule has 1 saturated heterocycles. The van der Waals surface area contributed by atoms with Crippen molar-refractivity contribution in [3.63, 3.8) is 0 Å². The number of carbonyl (C=O) groups is 2. The maximum absolute atomic E-state index is 13.3. The lowest BCUT2D eigenvalue weighted by Crippen LogP contribution is -3.15. The van der Waals surface area contributed by atoms with E-state index in [1.54, 1.807) is 29.2 Å². The van der Waals surface area contributed by atoms with Gasteiger partial charge in [0.1, 0.15) is 13.1 Å². The van der Waals surface area contributed by atoms with Crippen molar-refractivity contribution < 1.29 is 29.3 Å². The third-order valence-corrected chi connectivity index (χ3v) is 5.64. The van der Waals surface area contributed by atoms with E-state index < -0.39 is 28.6 Å². The van der Waals surface area contributed by atoms with Crippen molar-refractivity contribution in [3.05, 3.63) is 69.8 Å². The lowest BCUT2D eigenvalue weighted by molar-refractivity contribution is -0.906. The summed E-state index contributed by atoms with van der Waals surface area (Å²) in [5.74, 6) is -0.992. The van der Waals surface area contributed by atoms with Gasteiger partial charge in [0, 0.05) is 23.3 Å². The highest BCUT2D eigenvalue weighted by molar-refractivity contribution is 6.10. The molecule has 1 atom stereocenters. The van der Waals surface area contributed by atoms with Gasteiger partial charge in [-0.1, -0.05) is 18.2 Å². The molecule has 4 rings (SSSR count). The second-order valence-electron chi connectivity index (χ2n) is 7.54. The smallest absolute Gasteiger partial charge is 0.269 e. The number of quaternary nitrogens is 1. The minimum atomic E-state index is -1.97. The Morgan fingerprint density at radius 1 is 1.17 bits per heavy atom. The van der Waals surface area contributed by atoms with Crippen molar-refractivity contribution in [2.75, 3.05) is 37.9 Å². The van der Waals surface area contributed by atoms with Crippen molar-refractivity contribution in [2.24, 2.45) is 0 Å². The van der Waals surface area contributed by atoms with Crippen LogP contribution < -0.4 is 9.80 Å². The van der Waals surface area contributed by atoms with Crippen LogP contribution in [0.2, 0.25) is 0 Å². The molecule has 2 aromatic carbocycles. The maximum Gasteiger partial charge on any atom is 0.269 e. The largest absolute Gasteiger partial charge is 0.375 e. The number of hydrogen-bond acceptors (Lipinski definition) is 6. The molecule has 0 aliphatic carbocycles. The number of ketones is 1. The summed E-state index contributed by atoms with van der Waals surface area (Å²) >= 11 is 0. The molecule has 0 aromatic heterocycles. The van der Waals surface area contributed by atoms with Gasteiger partial charge >= 0.3 is 0 Å². The molecule has 156 valence electrons. The number of fused-ring (bicyclic) bond motifs is 1. The number of anilines is 1. The fourth-order valence-electron chi connectivity index (χ4n) is 3.98. The number of hydrogen-bond donors (Lipinski definition) is 2. The molecular formula is C21H22N3O6+. The number of rotatable bonds is 6. The average Bonchev–Trinajstić information content (AvgIpc) is 2.96. The van der Waals surface area contributed by atoms with Crippen molar-refractivity contribution in [1.29, 1.82) is 0 Å². The van der Waals surface area contributed by atoms with Gasteiger partial charge in [0.15, 0.2) is 18.1 Å². The molecule has 2 aliphatic heterocycles. The van der Waals surface area contributed by atoms with Crippen molar-refractivity contribution in [1.82, 2.24) is 0 Å². The third-order valence-electron chi connectivity index (χ3n) is 5.64. The van der Waals surface area contributed by atoms with Gasteiger partial charge in [-0.3, -0.25) is 24.6 Å². The van der Waals surface area contributed by atoms with Crippen LogP contribution in [0.5, 0.6) is 0 Å². The van der Waals surface area contributed by atoms with E-state index in [4.69, 9.17) is 4.74 Å². The molecule has 0 bridgehead atoms. The van der Waals surface area contributed by atoms with E-state index in [0.29, 0.717) is 31.1 Å². The molecule has 0 saturated carbocycles. The summed E-state index contributed by atoms with van der Waals surface area (Å²) in [7, 11) is 0. The molecule has 9 nitrogen and oxygen atoms in total. The first-order chi connectivity index (χ1) is 14.4. The van der Waals surface area contributed by atoms with Crippen LogP contribution in [0.15, 0.2) is 48.5 Å². The lowest BCUT2D eigenvalue weighted by atomic mass is 9.88. The maximum atomic E-state index is 13.3. The number of amides is 1. The van der Waals surface area contributed by atoms with Crippen LogP contribution >= 0.6 is 0 Å². The number of aliphatic hydroxyl groups is 1. The van der Waals surface area contributed by atoms with E-state index in [-0.39, 0.29) is 11.3 Å². The molecule has 2 aromatic rings. The molecule has 0 spiro atoms. The van der Waals surface area contributed by atoms with Crippen molar-refractivity contribution in [2.45, 2.75) is 12.0 Å². The summed E-state index contributed by atoms with van der Waals surface area (Å²) in [6, 6.07) is 12.1. The number of nitrogens with zero attached hydrogens (tertiary/aromatic N) is 2. The Bertz CT molecular complexity index is 986. The fourth-order valence-corrected chi connectivity index (χ4v) is 3.98. The van der Waals surface area contributed by atoms with Gasteiger partial charge in [-0.25, -0.2) is 0 Å². The minimum Gasteiger partial charge on any atom is -0.375 e. The Hall–Kier alpha value is -3.14. The second-order valence-corrected chi connectivity index (χ2v) is 7.54. The zero-order valence-electron chi connectivity index (χ0n) is 16.2. The van der Waals surface area contributed by atoms with Gasteiger partial charge in [-0.2, -0.15) is 0 Å². The van der Waals surface area contributed by atoms with Crippen LogP contribution in [0.4, 0.5) is 11.4 Å². The normalized spacial score (nSPS) is 21.5. The van der Waals surface area contributed by atoms with Crippen molar-refractivity contribution in [3.8, 4) is 0 Å². The zero-order valence-corrected chi connectivity index (χ0v) is 16.2. The number of carbonyl (C=O) groups excluding carboxylic acids is 2. The molecule has 1 fully saturated rings. The molecule has 9 heteroatoms. The Morgan fingerprint density at radius 2 is 1.83 bits per heavy atom. The Balaban J connectivity index is 1.59. The summed E-state index contributed by atoms with van der Waals surface area (Å²) in [6.45, 7) is 3.12. The molecule has 0 unspecified atom stereocenters. The van der Waals surface area contributed by atoms with E-state index in [9.17, 15) is 24.8 Å². The van der Waals surface area contributed by atoms with Crippen LogP contribution in [0.1, 0.15) is 22.3 Å². The van der Waals surface area contributed by atoms with E-state index in [0.717, 1.165) is 18.0 Å². The number of ether oxygens (including phenoxy) is 1. The summed E-state index contributed by atoms with van der Waals surface area (Å²) in [5, 5.41) is 22.1. The lowest BCUT2D eigenvalue weighted by Gasteiger charge is -2.29. The van der Waals surface area contributed by atoms with E-state index in [2.05, 4.69) is 0 Å². The first kappa shape index (κ1) is 20.1. The molecule has 2 N–H and O–H groups in total. The van der Waals surface area contributed by atoms with Gasteiger partial charge < -0.3 is 14.7 Å². The van der Waals surface area contributed by atoms with E-state index in [1.165, 1.54) is 24.3 Å². The first-order valence-corrected chi connectivity index (χ1v) is 9.73. The molecule has 0 radical (unpaired) electrons. The number of nitro benzene ring substituents is 1. The number of benzene rings is 2. The van der Waals surface area contributed by atoms with Crippen LogP contribution in [0.3, 0.4) is 0 Å². The highest BCUT2D eigenvalue weighted by Gasteiger charge is 2.51. The topological polar surface area (TPSA) is 114 Å². The predicted octanol–water partition coefficient (Wildman–Crippen LogP) is 0.275. The Morgan fingerprint density at radius 3 is 2.50 bits per heavy atom. The van der Waals surface area contributed by atoms with Crippen LogP contribution in [-0.4, -0.2) is 54.7 Å². The SMILES string of the molecule is O=C(C[C@]1(O)C(=O)N(C[NH+]2CCOCC2)c2ccccc21)c1ccc([N+](=O)[O-])cc1. The summed E-state index contributed by atoms with van der Waals surface area (Å²) in [4.78, 5) is 39.0. The van der Waals surface area contributed by atoms with Gasteiger partial charge in [0.25, 0.3) is 11.6 Å². The van der Waals surface area contributed by atoms with Gasteiger partial charge in [0.05, 0.1) is 30.2 Å². The van der Waals surface area contributed by atoms with Crippen LogP contribution in [0, 0.1) is 10.1 Å². The molecule has 2 aliphatic rings. The number of Topliss-reactive ketones (excluding diaryl/α,β-unsaturated/α-hetero) is 1. The Labute approximate surface area is 172 Å². The quantitative estimate of drug-likeness (QED) is 0.400. The van der Waals surface area contributed by atoms with E-state index >= 15 is 0 Å². The highest BCUT2D eigenvalue weighted by Crippen LogP contribution is 2.42. The molecule has 2 heterocycles. The second kappa shape index (κ2) is 7.94. The van der Waals surface area contributed by atoms with Crippen LogP contribution in [0.25, 0.3) is 0 Å². The zero-order chi connectivity index (χ0) is 21.3. The van der Waals surface area contributed by atoms with Crippen LogP contribution in [-0.2, 0) is 15.1 Å². The number of non-ortho nitro benzene ring substituents is 1. The molecule has 30 heavy (non-hydrogen) atoms. The number of nitro groups is 1. The number of para-hydroxylation sites is 1. The Kier molecular flexibility index (Phi) is 5.33. The molecule has 1 amide bonds. The monoisotopic (exact) mass is 412 g/mol. The number of morpholine rings is 1. The molecular weight excluding hydrogens is 390 g/mol. The first-order valence-electron chi connectivity index (χ1n) is 9.73. The summed E-state index contributed by atoms with van der Waals surface area (Å²) < 4.78 is 5.37. The van der Waals surface area contributed by atoms with Gasteiger partial charge in [-0.05, 0) is 18.2 Å². The van der Waals surface area contributed by atoms with Gasteiger partial charge in [-0.15, -0.1) is 0 Å². The van der Waals surface area contributed by atoms with Gasteiger partial charge in [0.2, 0.25) is 0 Å². The fraction of sp³-hybridized carbons (Fsp3) is 0.333. The highest BCUT2D eigenvalue weighted by atomic mass is 16.6.